The minimum atomic E-state index is -2.38. The van der Waals surface area contributed by atoms with Crippen molar-refractivity contribution in [1.29, 1.82) is 0 Å². The maximum atomic E-state index is 4.47. The second kappa shape index (κ2) is 16.9. The summed E-state index contributed by atoms with van der Waals surface area (Å²) in [7, 11) is -2.38. The normalized spacial score (nSPS) is 15.5. The van der Waals surface area contributed by atoms with Crippen LogP contribution in [0, 0.1) is 4.37 Å². The number of nitrogens with zero attached hydrogens (tertiary/aromatic N) is 4. The Kier molecular flexibility index (Phi) is 11.7. The van der Waals surface area contributed by atoms with Crippen LogP contribution in [0.5, 0.6) is 0 Å². The first kappa shape index (κ1) is 35.9. The molecule has 4 nitrogen and oxygen atoms in total. The van der Waals surface area contributed by atoms with E-state index in [2.05, 4.69) is 171 Å². The first-order chi connectivity index (χ1) is 25.6. The van der Waals surface area contributed by atoms with Crippen molar-refractivity contribution < 1.29 is 17.9 Å². The maximum absolute atomic E-state index is 4.47. The van der Waals surface area contributed by atoms with Crippen molar-refractivity contribution in [3.05, 3.63) is 171 Å². The minimum absolute atomic E-state index is 0.527. The average molecular weight is 907 g/mol. The van der Waals surface area contributed by atoms with Gasteiger partial charge in [0, 0.05) is 4.88 Å². The van der Waals surface area contributed by atoms with Crippen LogP contribution in [0.15, 0.2) is 162 Å². The summed E-state index contributed by atoms with van der Waals surface area (Å²) in [6, 6.07) is 41.4. The van der Waals surface area contributed by atoms with Gasteiger partial charge in [0.05, 0.1) is 4.88 Å². The zero-order valence-electron chi connectivity index (χ0n) is 29.0. The molecule has 0 amide bonds. The van der Waals surface area contributed by atoms with Gasteiger partial charge in [0.25, 0.3) is 0 Å². The molecule has 52 heavy (non-hydrogen) atoms. The Labute approximate surface area is 324 Å². The molecule has 3 heterocycles. The molecule has 3 aromatic heterocycles. The van der Waals surface area contributed by atoms with Crippen molar-refractivity contribution in [2.24, 2.45) is 0 Å². The van der Waals surface area contributed by atoms with Crippen LogP contribution in [0.1, 0.15) is 42.9 Å². The molecule has 7 rings (SSSR count). The molecule has 0 spiro atoms. The molecule has 1 saturated carbocycles. The molecular weight excluding hydrogens is 870 g/mol. The van der Waals surface area contributed by atoms with E-state index in [1.54, 1.807) is 22.7 Å². The summed E-state index contributed by atoms with van der Waals surface area (Å²) in [6.45, 7) is 4.17. The summed E-state index contributed by atoms with van der Waals surface area (Å²) < 4.78 is 3.85. The topological polar surface area (TPSA) is 51.6 Å². The summed E-state index contributed by atoms with van der Waals surface area (Å²) in [5, 5.41) is 23.0. The fourth-order valence-corrected chi connectivity index (χ4v) is 14.2. The van der Waals surface area contributed by atoms with E-state index in [1.165, 1.54) is 44.4 Å². The van der Waals surface area contributed by atoms with Gasteiger partial charge in [-0.25, -0.2) is 0 Å². The zero-order chi connectivity index (χ0) is 35.8. The van der Waals surface area contributed by atoms with Crippen molar-refractivity contribution in [2.45, 2.75) is 33.1 Å². The Hall–Kier alpha value is -4.45. The third-order valence-corrected chi connectivity index (χ3v) is 16.5. The number of benzene rings is 3. The summed E-state index contributed by atoms with van der Waals surface area (Å²) in [5.41, 5.74) is 4.03. The van der Waals surface area contributed by atoms with Gasteiger partial charge in [-0.1, -0.05) is 6.08 Å². The molecule has 6 aromatic rings. The quantitative estimate of drug-likeness (QED) is 0.102. The van der Waals surface area contributed by atoms with Gasteiger partial charge >= 0.3 is 274 Å². The number of thiophene rings is 2. The predicted molar refractivity (Wildman–Crippen MR) is 220 cm³/mol. The van der Waals surface area contributed by atoms with Gasteiger partial charge in [-0.05, 0) is 25.1 Å². The molecule has 257 valence electrons. The van der Waals surface area contributed by atoms with Crippen molar-refractivity contribution in [1.82, 2.24) is 20.4 Å². The fourth-order valence-electron chi connectivity index (χ4n) is 6.65. The summed E-state index contributed by atoms with van der Waals surface area (Å²) in [4.78, 5) is 4.13. The van der Waals surface area contributed by atoms with Gasteiger partial charge in [0.2, 0.25) is 0 Å². The molecule has 1 aliphatic carbocycles. The van der Waals surface area contributed by atoms with Crippen molar-refractivity contribution in [3.8, 4) is 25.8 Å². The van der Waals surface area contributed by atoms with E-state index in [0.717, 1.165) is 32.4 Å². The van der Waals surface area contributed by atoms with E-state index in [1.807, 2.05) is 37.0 Å². The fraction of sp³-hybridized carbons (Fsp3) is 0.114. The molecule has 0 unspecified atom stereocenters. The van der Waals surface area contributed by atoms with Crippen LogP contribution in [0.25, 0.3) is 33.6 Å². The summed E-state index contributed by atoms with van der Waals surface area (Å²) in [6.07, 6.45) is 16.7. The molecule has 0 bridgehead atoms. The molecule has 8 heteroatoms. The molecular formula is C44H37N4OsPS2+. The van der Waals surface area contributed by atoms with Crippen LogP contribution >= 0.6 is 29.9 Å². The Morgan fingerprint density at radius 2 is 1.12 bits per heavy atom. The van der Waals surface area contributed by atoms with Crippen LogP contribution in [0.2, 0.25) is 0 Å². The molecule has 3 aromatic carbocycles. The average Bonchev–Trinajstić information content (AvgIpc) is 3.99. The van der Waals surface area contributed by atoms with Crippen molar-refractivity contribution in [2.75, 3.05) is 0 Å². The molecule has 0 radical (unpaired) electrons. The molecule has 0 aliphatic heterocycles. The van der Waals surface area contributed by atoms with Crippen LogP contribution in [-0.2, 0) is 17.9 Å². The van der Waals surface area contributed by atoms with Gasteiger partial charge in [-0.15, -0.1) is 11.3 Å². The molecule has 1 aliphatic rings. The van der Waals surface area contributed by atoms with Crippen LogP contribution < -0.4 is 15.9 Å². The Morgan fingerprint density at radius 3 is 1.58 bits per heavy atom. The number of allylic oxidation sites excluding steroid dienone is 8. The van der Waals surface area contributed by atoms with E-state index >= 15 is 0 Å². The van der Waals surface area contributed by atoms with Crippen LogP contribution in [-0.4, -0.2) is 20.4 Å². The van der Waals surface area contributed by atoms with Crippen LogP contribution in [0.3, 0.4) is 0 Å². The summed E-state index contributed by atoms with van der Waals surface area (Å²) in [5.74, 6) is 1.07. The third-order valence-electron chi connectivity index (χ3n) is 9.04. The SMILES string of the molecule is CC=C1CCCC1=CC(/C=C/c1ccc(-c2nnc(-c3ccc(/C=C/C)s3)nn2)s1)=C([C]#[Os])[P+](c1ccccc1)(c1ccccc1)c1ccccc1. The van der Waals surface area contributed by atoms with Crippen molar-refractivity contribution in [3.63, 3.8) is 0 Å². The summed E-state index contributed by atoms with van der Waals surface area (Å²) >= 11 is 5.09. The van der Waals surface area contributed by atoms with E-state index in [4.69, 9.17) is 0 Å². The molecule has 1 fully saturated rings. The predicted octanol–water partition coefficient (Wildman–Crippen LogP) is 10.6. The van der Waals surface area contributed by atoms with E-state index < -0.39 is 7.26 Å². The van der Waals surface area contributed by atoms with E-state index in [9.17, 15) is 0 Å². The van der Waals surface area contributed by atoms with Gasteiger partial charge < -0.3 is 0 Å². The number of aromatic nitrogens is 4. The number of rotatable bonds is 10. The first-order valence-corrected chi connectivity index (χ1v) is 21.9. The van der Waals surface area contributed by atoms with Gasteiger partial charge in [-0.2, -0.15) is 0 Å². The van der Waals surface area contributed by atoms with Gasteiger partial charge in [0.1, 0.15) is 0 Å². The van der Waals surface area contributed by atoms with Gasteiger partial charge in [0.15, 0.2) is 0 Å². The van der Waals surface area contributed by atoms with Crippen molar-refractivity contribution >= 4 is 58.0 Å². The number of hydrogen-bond acceptors (Lipinski definition) is 6. The standard InChI is InChI=1S/C44H37N4PS2.Os/c1-4-16-39-27-29-41(50-39)43-45-47-44(48-46-43)42-30-28-40(51-42)26-25-34(31-35-18-15-17-33(35)5-2)32(3)49(36-19-9-6-10-20-36,37-21-11-7-12-22-37)38-23-13-8-14-24-38;/h4-14,16,19-31H,15,17-18H2,1-2H3;/q+1;/b16-4+,26-25+,33-5?,34-32?,35-31?;. The zero-order valence-corrected chi connectivity index (χ0v) is 34.0. The van der Waals surface area contributed by atoms with Crippen LogP contribution in [0.4, 0.5) is 0 Å². The third kappa shape index (κ3) is 7.53. The monoisotopic (exact) mass is 908 g/mol. The molecule has 0 N–H and O–H groups in total. The van der Waals surface area contributed by atoms with E-state index in [-0.39, 0.29) is 0 Å². The van der Waals surface area contributed by atoms with Gasteiger partial charge in [-0.3, -0.25) is 0 Å². The first-order valence-electron chi connectivity index (χ1n) is 17.2. The number of hydrogen-bond donors (Lipinski definition) is 0. The Morgan fingerprint density at radius 1 is 0.635 bits per heavy atom. The second-order valence-electron chi connectivity index (χ2n) is 12.2. The Bertz CT molecular complexity index is 2250. The molecule has 0 saturated heterocycles. The molecule has 0 atom stereocenters. The van der Waals surface area contributed by atoms with E-state index in [0.29, 0.717) is 11.6 Å². The Balaban J connectivity index is 1.36. The second-order valence-corrected chi connectivity index (χ2v) is 18.4.